The van der Waals surface area contributed by atoms with Crippen molar-refractivity contribution >= 4 is 39.6 Å². The molecule has 0 atom stereocenters. The average Bonchev–Trinajstić information content (AvgIpc) is 1.85. The number of hydrogen-bond acceptors (Lipinski definition) is 3. The average molecular weight is 230 g/mol. The van der Waals surface area contributed by atoms with Gasteiger partial charge in [-0.25, -0.2) is 4.72 Å². The highest BCUT2D eigenvalue weighted by atomic mass is 35.5. The Morgan fingerprint density at radius 1 is 1.50 bits per heavy atom. The molecule has 7 heteroatoms. The Kier molecular flexibility index (Phi) is 5.06. The summed E-state index contributed by atoms with van der Waals surface area (Å²) in [6.45, 7) is 0. The monoisotopic (exact) mass is 229 g/mol. The van der Waals surface area contributed by atoms with Crippen LogP contribution in [0.5, 0.6) is 0 Å². The van der Waals surface area contributed by atoms with Crippen LogP contribution in [0.1, 0.15) is 6.42 Å². The number of amides is 1. The molecule has 4 nitrogen and oxygen atoms in total. The molecule has 0 bridgehead atoms. The van der Waals surface area contributed by atoms with E-state index in [1.165, 1.54) is 4.72 Å². The van der Waals surface area contributed by atoms with Crippen molar-refractivity contribution in [3.8, 4) is 11.2 Å². The molecular weight excluding hydrogens is 225 g/mol. The first-order valence-corrected chi connectivity index (χ1v) is 5.07. The maximum absolute atomic E-state index is 10.6. The van der Waals surface area contributed by atoms with E-state index in [-0.39, 0.29) is 12.8 Å². The van der Waals surface area contributed by atoms with Crippen LogP contribution < -0.4 is 4.72 Å². The molecule has 0 saturated heterocycles. The molecule has 0 spiro atoms. The van der Waals surface area contributed by atoms with Crippen molar-refractivity contribution in [3.05, 3.63) is 0 Å². The Labute approximate surface area is 80.3 Å². The molecule has 12 heavy (non-hydrogen) atoms. The first-order chi connectivity index (χ1) is 5.48. The van der Waals surface area contributed by atoms with Crippen LogP contribution >= 0.6 is 23.2 Å². The Balaban J connectivity index is 4.20. The quantitative estimate of drug-likeness (QED) is 0.428. The van der Waals surface area contributed by atoms with E-state index >= 15 is 0 Å². The number of halogens is 2. The van der Waals surface area contributed by atoms with Gasteiger partial charge >= 0.3 is 10.0 Å². The fourth-order valence-electron chi connectivity index (χ4n) is 0.307. The number of alkyl halides is 2. The van der Waals surface area contributed by atoms with Crippen LogP contribution in [0.3, 0.4) is 0 Å². The predicted molar refractivity (Wildman–Crippen MR) is 46.0 cm³/mol. The smallest absolute Gasteiger partial charge is 0.278 e. The maximum atomic E-state index is 10.6. The number of carbonyl (C=O) groups excluding carboxylic acids is 1. The molecule has 0 aromatic rings. The lowest BCUT2D eigenvalue weighted by Crippen LogP contribution is -2.19. The molecule has 0 aromatic heterocycles. The van der Waals surface area contributed by atoms with Gasteiger partial charge in [0.15, 0.2) is 0 Å². The van der Waals surface area contributed by atoms with Crippen molar-refractivity contribution < 1.29 is 13.2 Å². The zero-order valence-corrected chi connectivity index (χ0v) is 8.08. The summed E-state index contributed by atoms with van der Waals surface area (Å²) in [7, 11) is -3.82. The fourth-order valence-corrected chi connectivity index (χ4v) is 0.920. The molecule has 0 saturated carbocycles. The third-order valence-corrected chi connectivity index (χ3v) is 1.79. The van der Waals surface area contributed by atoms with Gasteiger partial charge in [-0.3, -0.25) is 4.79 Å². The first kappa shape index (κ1) is 11.6. The summed E-state index contributed by atoms with van der Waals surface area (Å²) in [6.07, 6.45) is 0.0613. The van der Waals surface area contributed by atoms with Crippen LogP contribution in [0.4, 0.5) is 0 Å². The highest BCUT2D eigenvalue weighted by molar-refractivity contribution is 7.94. The number of nitrogens with one attached hydrogen (secondary N) is 1. The zero-order chi connectivity index (χ0) is 9.61. The predicted octanol–water partition coefficient (Wildman–Crippen LogP) is 0.217. The molecule has 0 radical (unpaired) electrons. The zero-order valence-electron chi connectivity index (χ0n) is 5.75. The largest absolute Gasteiger partial charge is 0.303 e. The number of sulfonamides is 1. The minimum atomic E-state index is -3.82. The molecule has 0 unspecified atom stereocenters. The van der Waals surface area contributed by atoms with Gasteiger partial charge in [-0.05, 0) is 0 Å². The molecule has 1 amide bonds. The van der Waals surface area contributed by atoms with Crippen molar-refractivity contribution in [1.82, 2.24) is 4.72 Å². The highest BCUT2D eigenvalue weighted by Gasteiger charge is 2.01. The van der Waals surface area contributed by atoms with Crippen LogP contribution in [0.15, 0.2) is 0 Å². The first-order valence-electron chi connectivity index (χ1n) is 2.71. The van der Waals surface area contributed by atoms with E-state index in [0.29, 0.717) is 0 Å². The second-order valence-corrected chi connectivity index (χ2v) is 4.34. The van der Waals surface area contributed by atoms with Gasteiger partial charge in [-0.2, -0.15) is 8.42 Å². The Morgan fingerprint density at radius 2 is 2.08 bits per heavy atom. The van der Waals surface area contributed by atoms with Crippen LogP contribution in [-0.2, 0) is 14.8 Å². The fraction of sp³-hybridized carbons (Fsp3) is 0.400. The molecule has 0 aliphatic carbocycles. The Bertz CT molecular complexity index is 300. The molecular formula is C5H5Cl2NO3S. The summed E-state index contributed by atoms with van der Waals surface area (Å²) >= 11 is 10.5. The highest BCUT2D eigenvalue weighted by Crippen LogP contribution is 2.04. The Morgan fingerprint density at radius 3 is 2.50 bits per heavy atom. The number of carbonyl (C=O) groups is 1. The van der Waals surface area contributed by atoms with Crippen molar-refractivity contribution in [3.63, 3.8) is 0 Å². The second-order valence-electron chi connectivity index (χ2n) is 1.61. The van der Waals surface area contributed by atoms with Gasteiger partial charge in [0.1, 0.15) is 4.84 Å². The normalized spacial score (nSPS) is 10.2. The molecule has 1 N–H and O–H groups in total. The van der Waals surface area contributed by atoms with Crippen LogP contribution in [0, 0.1) is 11.2 Å². The van der Waals surface area contributed by atoms with Crippen LogP contribution in [-0.4, -0.2) is 19.7 Å². The van der Waals surface area contributed by atoms with E-state index < -0.39 is 14.9 Å². The van der Waals surface area contributed by atoms with Gasteiger partial charge in [0.25, 0.3) is 0 Å². The molecule has 0 aliphatic heterocycles. The summed E-state index contributed by atoms with van der Waals surface area (Å²) in [5, 5.41) is 1.80. The van der Waals surface area contributed by atoms with Gasteiger partial charge < -0.3 is 0 Å². The van der Waals surface area contributed by atoms with Gasteiger partial charge in [-0.1, -0.05) is 5.92 Å². The lowest BCUT2D eigenvalue weighted by atomic mass is 10.5. The van der Waals surface area contributed by atoms with E-state index in [9.17, 15) is 13.2 Å². The third-order valence-electron chi connectivity index (χ3n) is 0.666. The third kappa shape index (κ3) is 6.28. The minimum Gasteiger partial charge on any atom is -0.278 e. The SMILES string of the molecule is O=CNS(=O)(=O)C#CCC(Cl)Cl. The molecule has 0 heterocycles. The van der Waals surface area contributed by atoms with Gasteiger partial charge in [0, 0.05) is 11.7 Å². The van der Waals surface area contributed by atoms with E-state index in [1.54, 1.807) is 5.25 Å². The maximum Gasteiger partial charge on any atom is 0.303 e. The second kappa shape index (κ2) is 5.25. The molecule has 0 rings (SSSR count). The summed E-state index contributed by atoms with van der Waals surface area (Å²) in [6, 6.07) is 0. The lowest BCUT2D eigenvalue weighted by Gasteiger charge is -1.90. The molecule has 68 valence electrons. The summed E-state index contributed by atoms with van der Waals surface area (Å²) in [5.74, 6) is 2.19. The van der Waals surface area contributed by atoms with E-state index in [2.05, 4.69) is 5.92 Å². The van der Waals surface area contributed by atoms with Gasteiger partial charge in [0.2, 0.25) is 6.41 Å². The van der Waals surface area contributed by atoms with Crippen molar-refractivity contribution in [2.24, 2.45) is 0 Å². The summed E-state index contributed by atoms with van der Waals surface area (Å²) in [4.78, 5) is 8.97. The van der Waals surface area contributed by atoms with Crippen molar-refractivity contribution in [1.29, 1.82) is 0 Å². The van der Waals surface area contributed by atoms with Crippen molar-refractivity contribution in [2.45, 2.75) is 11.3 Å². The van der Waals surface area contributed by atoms with Gasteiger partial charge in [-0.15, -0.1) is 23.2 Å². The Hall–Kier alpha value is -0.440. The topological polar surface area (TPSA) is 63.2 Å². The summed E-state index contributed by atoms with van der Waals surface area (Å²) in [5.41, 5.74) is 0. The summed E-state index contributed by atoms with van der Waals surface area (Å²) < 4.78 is 22.7. The molecule has 0 aromatic carbocycles. The van der Waals surface area contributed by atoms with E-state index in [4.69, 9.17) is 23.2 Å². The molecule has 0 aliphatic rings. The number of hydrogen-bond donors (Lipinski definition) is 1. The number of rotatable bonds is 3. The lowest BCUT2D eigenvalue weighted by molar-refractivity contribution is -0.108. The van der Waals surface area contributed by atoms with Gasteiger partial charge in [0.05, 0.1) is 0 Å². The van der Waals surface area contributed by atoms with E-state index in [1.807, 2.05) is 0 Å². The van der Waals surface area contributed by atoms with E-state index in [0.717, 1.165) is 0 Å². The minimum absolute atomic E-state index is 0.0306. The van der Waals surface area contributed by atoms with Crippen molar-refractivity contribution in [2.75, 3.05) is 0 Å². The van der Waals surface area contributed by atoms with Crippen LogP contribution in [0.2, 0.25) is 0 Å². The van der Waals surface area contributed by atoms with Crippen LogP contribution in [0.25, 0.3) is 0 Å². The standard InChI is InChI=1S/C5H5Cl2NO3S/c6-5(7)2-1-3-12(10,11)8-4-9/h4-5H,2H2,(H,8,9). The molecule has 0 fully saturated rings.